The zero-order valence-corrected chi connectivity index (χ0v) is 11.7. The third kappa shape index (κ3) is 3.47. The standard InChI is InChI=1S/C13H23N5O/c1-10-7-12(17(2)15-10)8-18(9-13(14)16-19)11-5-3-4-6-11/h7,11,19H,3-6,8-9H2,1-2H3,(H2,14,16). The van der Waals surface area contributed by atoms with E-state index in [0.717, 1.165) is 17.9 Å². The van der Waals surface area contributed by atoms with Crippen molar-refractivity contribution in [2.24, 2.45) is 17.9 Å². The van der Waals surface area contributed by atoms with Crippen molar-refractivity contribution < 1.29 is 5.21 Å². The second-order valence-corrected chi connectivity index (χ2v) is 5.34. The van der Waals surface area contributed by atoms with Crippen LogP contribution >= 0.6 is 0 Å². The van der Waals surface area contributed by atoms with Gasteiger partial charge in [0.05, 0.1) is 17.9 Å². The molecule has 0 saturated heterocycles. The maximum atomic E-state index is 8.77. The van der Waals surface area contributed by atoms with Crippen molar-refractivity contribution in [1.29, 1.82) is 0 Å². The summed E-state index contributed by atoms with van der Waals surface area (Å²) in [5, 5.41) is 16.2. The Balaban J connectivity index is 2.10. The van der Waals surface area contributed by atoms with E-state index >= 15 is 0 Å². The number of aromatic nitrogens is 2. The average molecular weight is 265 g/mol. The van der Waals surface area contributed by atoms with Crippen molar-refractivity contribution in [3.05, 3.63) is 17.5 Å². The Labute approximate surface area is 113 Å². The van der Waals surface area contributed by atoms with Gasteiger partial charge >= 0.3 is 0 Å². The number of aryl methyl sites for hydroxylation is 2. The molecule has 0 aliphatic heterocycles. The zero-order chi connectivity index (χ0) is 13.8. The lowest BCUT2D eigenvalue weighted by Gasteiger charge is -2.28. The number of rotatable bonds is 5. The minimum absolute atomic E-state index is 0.269. The first-order valence-electron chi connectivity index (χ1n) is 6.80. The molecule has 3 N–H and O–H groups in total. The van der Waals surface area contributed by atoms with Crippen LogP contribution < -0.4 is 5.73 Å². The predicted molar refractivity (Wildman–Crippen MR) is 74.0 cm³/mol. The van der Waals surface area contributed by atoms with Crippen LogP contribution in [0.5, 0.6) is 0 Å². The van der Waals surface area contributed by atoms with Crippen molar-refractivity contribution in [1.82, 2.24) is 14.7 Å². The Hall–Kier alpha value is -1.56. The van der Waals surface area contributed by atoms with Crippen molar-refractivity contribution in [3.8, 4) is 0 Å². The van der Waals surface area contributed by atoms with Gasteiger partial charge < -0.3 is 10.9 Å². The molecule has 2 rings (SSSR count). The van der Waals surface area contributed by atoms with Gasteiger partial charge in [0.15, 0.2) is 5.84 Å². The fraction of sp³-hybridized carbons (Fsp3) is 0.692. The third-order valence-electron chi connectivity index (χ3n) is 3.80. The highest BCUT2D eigenvalue weighted by molar-refractivity contribution is 5.81. The van der Waals surface area contributed by atoms with Gasteiger partial charge in [-0.15, -0.1) is 0 Å². The molecule has 0 amide bonds. The van der Waals surface area contributed by atoms with Gasteiger partial charge in [-0.1, -0.05) is 18.0 Å². The lowest BCUT2D eigenvalue weighted by molar-refractivity contribution is 0.209. The van der Waals surface area contributed by atoms with Crippen molar-refractivity contribution in [2.45, 2.75) is 45.2 Å². The summed E-state index contributed by atoms with van der Waals surface area (Å²) in [6.07, 6.45) is 4.91. The SMILES string of the molecule is Cc1cc(CN(CC(N)=NO)C2CCCC2)n(C)n1. The summed E-state index contributed by atoms with van der Waals surface area (Å²) in [5.74, 6) is 0.269. The Kier molecular flexibility index (Phi) is 4.42. The quantitative estimate of drug-likeness (QED) is 0.363. The first kappa shape index (κ1) is 13.9. The Morgan fingerprint density at radius 3 is 2.79 bits per heavy atom. The summed E-state index contributed by atoms with van der Waals surface area (Å²) in [4.78, 5) is 2.29. The lowest BCUT2D eigenvalue weighted by atomic mass is 10.2. The summed E-state index contributed by atoms with van der Waals surface area (Å²) in [6.45, 7) is 3.29. The summed E-state index contributed by atoms with van der Waals surface area (Å²) >= 11 is 0. The Bertz CT molecular complexity index is 448. The summed E-state index contributed by atoms with van der Waals surface area (Å²) in [6, 6.07) is 2.62. The average Bonchev–Trinajstić information content (AvgIpc) is 2.99. The molecule has 1 heterocycles. The second-order valence-electron chi connectivity index (χ2n) is 5.34. The summed E-state index contributed by atoms with van der Waals surface area (Å²) in [5.41, 5.74) is 7.86. The van der Waals surface area contributed by atoms with Crippen LogP contribution in [-0.2, 0) is 13.6 Å². The normalized spacial score (nSPS) is 17.5. The van der Waals surface area contributed by atoms with Crippen LogP contribution in [0.15, 0.2) is 11.2 Å². The number of nitrogens with two attached hydrogens (primary N) is 1. The molecule has 1 aliphatic rings. The maximum Gasteiger partial charge on any atom is 0.153 e. The van der Waals surface area contributed by atoms with Crippen LogP contribution in [-0.4, -0.2) is 38.3 Å². The molecule has 0 bridgehead atoms. The molecule has 106 valence electrons. The van der Waals surface area contributed by atoms with E-state index in [-0.39, 0.29) is 5.84 Å². The molecule has 0 unspecified atom stereocenters. The molecule has 0 spiro atoms. The van der Waals surface area contributed by atoms with Gasteiger partial charge in [-0.05, 0) is 25.8 Å². The van der Waals surface area contributed by atoms with Crippen LogP contribution in [0.2, 0.25) is 0 Å². The van der Waals surface area contributed by atoms with Crippen LogP contribution in [0.1, 0.15) is 37.1 Å². The lowest BCUT2D eigenvalue weighted by Crippen LogP contribution is -2.40. The van der Waals surface area contributed by atoms with E-state index in [9.17, 15) is 0 Å². The van der Waals surface area contributed by atoms with E-state index in [1.807, 2.05) is 18.7 Å². The molecule has 1 aliphatic carbocycles. The number of oxime groups is 1. The van der Waals surface area contributed by atoms with Gasteiger partial charge in [0, 0.05) is 19.6 Å². The topological polar surface area (TPSA) is 79.7 Å². The number of hydrogen-bond acceptors (Lipinski definition) is 4. The minimum Gasteiger partial charge on any atom is -0.409 e. The Morgan fingerprint density at radius 2 is 2.26 bits per heavy atom. The molecule has 0 radical (unpaired) electrons. The number of nitrogens with zero attached hydrogens (tertiary/aromatic N) is 4. The molecule has 6 heteroatoms. The van der Waals surface area contributed by atoms with Crippen molar-refractivity contribution in [2.75, 3.05) is 6.54 Å². The fourth-order valence-corrected chi connectivity index (χ4v) is 2.84. The predicted octanol–water partition coefficient (Wildman–Crippen LogP) is 1.22. The van der Waals surface area contributed by atoms with Gasteiger partial charge in [0.2, 0.25) is 0 Å². The van der Waals surface area contributed by atoms with Crippen molar-refractivity contribution >= 4 is 5.84 Å². The molecule has 0 aromatic carbocycles. The molecule has 6 nitrogen and oxygen atoms in total. The van der Waals surface area contributed by atoms with Crippen LogP contribution in [0.3, 0.4) is 0 Å². The summed E-state index contributed by atoms with van der Waals surface area (Å²) < 4.78 is 1.91. The van der Waals surface area contributed by atoms with E-state index in [2.05, 4.69) is 21.2 Å². The summed E-state index contributed by atoms with van der Waals surface area (Å²) in [7, 11) is 1.96. The number of amidine groups is 1. The Morgan fingerprint density at radius 1 is 1.58 bits per heavy atom. The highest BCUT2D eigenvalue weighted by atomic mass is 16.4. The maximum absolute atomic E-state index is 8.77. The molecule has 19 heavy (non-hydrogen) atoms. The molecule has 1 aromatic rings. The van der Waals surface area contributed by atoms with E-state index in [1.165, 1.54) is 25.7 Å². The van der Waals surface area contributed by atoms with Gasteiger partial charge in [-0.25, -0.2) is 0 Å². The molecular formula is C13H23N5O. The van der Waals surface area contributed by atoms with Crippen molar-refractivity contribution in [3.63, 3.8) is 0 Å². The van der Waals surface area contributed by atoms with Crippen LogP contribution in [0.4, 0.5) is 0 Å². The fourth-order valence-electron chi connectivity index (χ4n) is 2.84. The first-order chi connectivity index (χ1) is 9.10. The van der Waals surface area contributed by atoms with Gasteiger partial charge in [0.25, 0.3) is 0 Å². The van der Waals surface area contributed by atoms with Gasteiger partial charge in [-0.2, -0.15) is 5.10 Å². The zero-order valence-electron chi connectivity index (χ0n) is 11.7. The number of hydrogen-bond donors (Lipinski definition) is 2. The largest absolute Gasteiger partial charge is 0.409 e. The first-order valence-corrected chi connectivity index (χ1v) is 6.80. The van der Waals surface area contributed by atoms with Crippen LogP contribution in [0, 0.1) is 6.92 Å². The molecule has 1 fully saturated rings. The highest BCUT2D eigenvalue weighted by Crippen LogP contribution is 2.24. The van der Waals surface area contributed by atoms with E-state index in [4.69, 9.17) is 10.9 Å². The van der Waals surface area contributed by atoms with E-state index in [1.54, 1.807) is 0 Å². The molecule has 0 atom stereocenters. The third-order valence-corrected chi connectivity index (χ3v) is 3.80. The molecular weight excluding hydrogens is 242 g/mol. The van der Waals surface area contributed by atoms with Crippen LogP contribution in [0.25, 0.3) is 0 Å². The smallest absolute Gasteiger partial charge is 0.153 e. The van der Waals surface area contributed by atoms with Gasteiger partial charge in [-0.3, -0.25) is 9.58 Å². The molecule has 1 aromatic heterocycles. The van der Waals surface area contributed by atoms with E-state index < -0.39 is 0 Å². The minimum atomic E-state index is 0.269. The second kappa shape index (κ2) is 6.06. The van der Waals surface area contributed by atoms with Gasteiger partial charge in [0.1, 0.15) is 0 Å². The monoisotopic (exact) mass is 265 g/mol. The highest BCUT2D eigenvalue weighted by Gasteiger charge is 2.24. The molecule has 1 saturated carbocycles. The van der Waals surface area contributed by atoms with E-state index in [0.29, 0.717) is 12.6 Å².